The second-order valence-corrected chi connectivity index (χ2v) is 10.7. The van der Waals surface area contributed by atoms with E-state index in [0.717, 1.165) is 16.9 Å². The van der Waals surface area contributed by atoms with Crippen LogP contribution in [-0.4, -0.2) is 55.7 Å². The molecule has 10 nitrogen and oxygen atoms in total. The number of ether oxygens (including phenoxy) is 7. The number of para-hydroxylation sites is 2. The summed E-state index contributed by atoms with van der Waals surface area (Å²) in [6.45, 7) is 0. The Kier molecular flexibility index (Phi) is 10.3. The number of hydrogen-bond donors (Lipinski definition) is 1. The third kappa shape index (κ3) is 6.44. The summed E-state index contributed by atoms with van der Waals surface area (Å²) in [5, 5.41) is 3.55. The zero-order chi connectivity index (χ0) is 33.5. The monoisotopic (exact) mass is 640 g/mol. The van der Waals surface area contributed by atoms with Crippen molar-refractivity contribution in [2.24, 2.45) is 0 Å². The minimum Gasteiger partial charge on any atom is -0.493 e. The summed E-state index contributed by atoms with van der Waals surface area (Å²) in [5.74, 6) is 2.37. The first kappa shape index (κ1) is 32.9. The molecular formula is C37H40N2O8. The van der Waals surface area contributed by atoms with E-state index < -0.39 is 12.0 Å². The van der Waals surface area contributed by atoms with Gasteiger partial charge in [-0.25, -0.2) is 4.79 Å². The van der Waals surface area contributed by atoms with Crippen LogP contribution in [0.2, 0.25) is 0 Å². The zero-order valence-electron chi connectivity index (χ0n) is 27.7. The van der Waals surface area contributed by atoms with Gasteiger partial charge in [-0.3, -0.25) is 0 Å². The quantitative estimate of drug-likeness (QED) is 0.164. The van der Waals surface area contributed by atoms with E-state index in [9.17, 15) is 4.79 Å². The number of benzene rings is 4. The van der Waals surface area contributed by atoms with Crippen LogP contribution in [0.15, 0.2) is 96.2 Å². The van der Waals surface area contributed by atoms with Gasteiger partial charge in [0.05, 0.1) is 67.4 Å². The molecule has 4 aromatic carbocycles. The minimum atomic E-state index is -0.692. The molecule has 0 amide bonds. The Hall–Kier alpha value is -5.51. The summed E-state index contributed by atoms with van der Waals surface area (Å²) in [6.07, 6.45) is 0.397. The Morgan fingerprint density at radius 1 is 0.638 bits per heavy atom. The van der Waals surface area contributed by atoms with Gasteiger partial charge >= 0.3 is 5.97 Å². The standard InChI is InChI=1S/C37H40N2O8/c1-41-29-18-23(19-30(42-2)35(29)45-5)28-22-27(38-25-14-10-8-11-15-25)33(37(40)47-7)34(39(28)26-16-12-9-13-17-26)24-20-31(43-3)36(46-6)32(21-24)44-4/h8-21,28,34,38H,22H2,1-7H3/t28-,34+/m0/s1. The van der Waals surface area contributed by atoms with Gasteiger partial charge in [0.25, 0.3) is 0 Å². The van der Waals surface area contributed by atoms with Gasteiger partial charge in [0, 0.05) is 23.5 Å². The first-order valence-corrected chi connectivity index (χ1v) is 15.0. The molecule has 0 aliphatic carbocycles. The van der Waals surface area contributed by atoms with Crippen LogP contribution in [0.3, 0.4) is 0 Å². The molecule has 0 bridgehead atoms. The molecule has 246 valence electrons. The van der Waals surface area contributed by atoms with Crippen LogP contribution in [0.4, 0.5) is 11.4 Å². The van der Waals surface area contributed by atoms with Gasteiger partial charge in [-0.15, -0.1) is 0 Å². The largest absolute Gasteiger partial charge is 0.493 e. The number of methoxy groups -OCH3 is 7. The van der Waals surface area contributed by atoms with Crippen molar-refractivity contribution in [1.82, 2.24) is 0 Å². The van der Waals surface area contributed by atoms with Gasteiger partial charge < -0.3 is 43.4 Å². The number of nitrogens with zero attached hydrogens (tertiary/aromatic N) is 1. The molecule has 2 atom stereocenters. The van der Waals surface area contributed by atoms with Crippen LogP contribution < -0.4 is 38.6 Å². The van der Waals surface area contributed by atoms with Crippen molar-refractivity contribution in [2.45, 2.75) is 18.5 Å². The molecule has 0 saturated heterocycles. The third-order valence-corrected chi connectivity index (χ3v) is 8.21. The minimum absolute atomic E-state index is 0.352. The van der Waals surface area contributed by atoms with Crippen molar-refractivity contribution >= 4 is 17.3 Å². The second kappa shape index (κ2) is 14.7. The molecule has 1 heterocycles. The molecule has 1 N–H and O–H groups in total. The molecule has 0 saturated carbocycles. The van der Waals surface area contributed by atoms with Gasteiger partial charge in [0.2, 0.25) is 11.5 Å². The van der Waals surface area contributed by atoms with Crippen LogP contribution in [0.25, 0.3) is 0 Å². The smallest absolute Gasteiger partial charge is 0.337 e. The Morgan fingerprint density at radius 2 is 1.11 bits per heavy atom. The van der Waals surface area contributed by atoms with Gasteiger partial charge in [0.15, 0.2) is 23.0 Å². The van der Waals surface area contributed by atoms with Gasteiger partial charge in [0.1, 0.15) is 0 Å². The molecule has 4 aromatic rings. The molecule has 0 aromatic heterocycles. The molecule has 0 spiro atoms. The van der Waals surface area contributed by atoms with Crippen molar-refractivity contribution in [3.05, 3.63) is 107 Å². The van der Waals surface area contributed by atoms with Crippen LogP contribution >= 0.6 is 0 Å². The molecule has 0 unspecified atom stereocenters. The Balaban J connectivity index is 1.87. The number of anilines is 2. The van der Waals surface area contributed by atoms with E-state index in [2.05, 4.69) is 10.2 Å². The second-order valence-electron chi connectivity index (χ2n) is 10.7. The normalized spacial score (nSPS) is 15.9. The van der Waals surface area contributed by atoms with Crippen molar-refractivity contribution < 1.29 is 38.0 Å². The molecule has 47 heavy (non-hydrogen) atoms. The van der Waals surface area contributed by atoms with Crippen LogP contribution in [0.5, 0.6) is 34.5 Å². The van der Waals surface area contributed by atoms with Crippen LogP contribution in [0, 0.1) is 0 Å². The highest BCUT2D eigenvalue weighted by molar-refractivity contribution is 5.93. The van der Waals surface area contributed by atoms with Crippen molar-refractivity contribution in [2.75, 3.05) is 60.0 Å². The summed E-state index contributed by atoms with van der Waals surface area (Å²) in [7, 11) is 10.8. The van der Waals surface area contributed by atoms with Crippen molar-refractivity contribution in [3.63, 3.8) is 0 Å². The van der Waals surface area contributed by atoms with Crippen molar-refractivity contribution in [3.8, 4) is 34.5 Å². The number of hydrogen-bond acceptors (Lipinski definition) is 10. The van der Waals surface area contributed by atoms with Gasteiger partial charge in [-0.1, -0.05) is 36.4 Å². The van der Waals surface area contributed by atoms with E-state index in [0.29, 0.717) is 57.8 Å². The SMILES string of the molecule is COC(=O)C1=C(Nc2ccccc2)C[C@@H](c2cc(OC)c(OC)c(OC)c2)N(c2ccccc2)[C@@H]1c1cc(OC)c(OC)c(OC)c1. The van der Waals surface area contributed by atoms with E-state index in [1.165, 1.54) is 7.11 Å². The Bertz CT molecular complexity index is 1680. The van der Waals surface area contributed by atoms with Gasteiger partial charge in [-0.2, -0.15) is 0 Å². The highest BCUT2D eigenvalue weighted by atomic mass is 16.5. The molecule has 1 aliphatic heterocycles. The molecule has 5 rings (SSSR count). The molecule has 1 aliphatic rings. The van der Waals surface area contributed by atoms with E-state index in [1.54, 1.807) is 42.7 Å². The predicted octanol–water partition coefficient (Wildman–Crippen LogP) is 6.97. The number of nitrogens with one attached hydrogen (secondary N) is 1. The summed E-state index contributed by atoms with van der Waals surface area (Å²) < 4.78 is 39.9. The van der Waals surface area contributed by atoms with E-state index in [1.807, 2.05) is 84.9 Å². The fraction of sp³-hybridized carbons (Fsp3) is 0.270. The summed E-state index contributed by atoms with van der Waals surface area (Å²) >= 11 is 0. The van der Waals surface area contributed by atoms with E-state index >= 15 is 0 Å². The van der Waals surface area contributed by atoms with E-state index in [-0.39, 0.29) is 6.04 Å². The maximum Gasteiger partial charge on any atom is 0.337 e. The lowest BCUT2D eigenvalue weighted by Gasteiger charge is -2.46. The van der Waals surface area contributed by atoms with Crippen LogP contribution in [-0.2, 0) is 9.53 Å². The molecule has 10 heteroatoms. The zero-order valence-corrected chi connectivity index (χ0v) is 27.7. The van der Waals surface area contributed by atoms with Crippen molar-refractivity contribution in [1.29, 1.82) is 0 Å². The maximum atomic E-state index is 14.0. The van der Waals surface area contributed by atoms with Gasteiger partial charge in [-0.05, 0) is 59.7 Å². The molecule has 0 fully saturated rings. The summed E-state index contributed by atoms with van der Waals surface area (Å²) in [5.41, 5.74) is 4.39. The predicted molar refractivity (Wildman–Crippen MR) is 180 cm³/mol. The highest BCUT2D eigenvalue weighted by Crippen LogP contribution is 2.52. The molecule has 0 radical (unpaired) electrons. The summed E-state index contributed by atoms with van der Waals surface area (Å²) in [4.78, 5) is 16.2. The Morgan fingerprint density at radius 3 is 1.55 bits per heavy atom. The number of rotatable bonds is 12. The Labute approximate surface area is 275 Å². The maximum absolute atomic E-state index is 14.0. The number of carbonyl (C=O) groups excluding carboxylic acids is 1. The van der Waals surface area contributed by atoms with E-state index in [4.69, 9.17) is 33.2 Å². The lowest BCUT2D eigenvalue weighted by Crippen LogP contribution is -2.41. The topological polar surface area (TPSA) is 97.0 Å². The number of esters is 1. The third-order valence-electron chi connectivity index (χ3n) is 8.21. The first-order valence-electron chi connectivity index (χ1n) is 15.0. The molecular weight excluding hydrogens is 600 g/mol. The first-order chi connectivity index (χ1) is 22.9. The lowest BCUT2D eigenvalue weighted by atomic mass is 9.83. The highest BCUT2D eigenvalue weighted by Gasteiger charge is 2.43. The average Bonchev–Trinajstić information content (AvgIpc) is 3.13. The fourth-order valence-electron chi connectivity index (χ4n) is 6.13. The fourth-order valence-corrected chi connectivity index (χ4v) is 6.13. The summed E-state index contributed by atoms with van der Waals surface area (Å²) in [6, 6.07) is 26.2. The lowest BCUT2D eigenvalue weighted by molar-refractivity contribution is -0.136. The van der Waals surface area contributed by atoms with Crippen LogP contribution in [0.1, 0.15) is 29.6 Å². The number of carbonyl (C=O) groups is 1. The average molecular weight is 641 g/mol.